The van der Waals surface area contributed by atoms with Crippen molar-refractivity contribution in [1.82, 2.24) is 5.32 Å². The van der Waals surface area contributed by atoms with E-state index in [0.717, 1.165) is 38.5 Å². The number of allylic oxidation sites excluding steroid dienone is 3. The van der Waals surface area contributed by atoms with Crippen molar-refractivity contribution in [3.63, 3.8) is 0 Å². The fourth-order valence-corrected chi connectivity index (χ4v) is 8.55. The fraction of sp³-hybridized carbons (Fsp3) is 0.898. The van der Waals surface area contributed by atoms with Gasteiger partial charge in [0.25, 0.3) is 0 Å². The average Bonchev–Trinajstić information content (AvgIpc) is 3.24. The monoisotopic (exact) mass is 904 g/mol. The molecule has 0 spiro atoms. The molecule has 366 valence electrons. The number of aliphatic hydroxyl groups excluding tert-OH is 4. The summed E-state index contributed by atoms with van der Waals surface area (Å²) in [6, 6.07) is -0.941. The maximum atomic E-state index is 13.0. The predicted octanol–water partition coefficient (Wildman–Crippen LogP) is 10.5. The Kier molecular flexibility index (Phi) is 37.7. The van der Waals surface area contributed by atoms with Gasteiger partial charge in [-0.25, -0.2) is 4.18 Å². The zero-order valence-corrected chi connectivity index (χ0v) is 40.0. The highest BCUT2D eigenvalue weighted by Crippen LogP contribution is 2.26. The van der Waals surface area contributed by atoms with E-state index in [9.17, 15) is 38.2 Å². The number of hydrogen-bond donors (Lipinski definition) is 6. The van der Waals surface area contributed by atoms with Gasteiger partial charge in [-0.2, -0.15) is 8.42 Å². The van der Waals surface area contributed by atoms with Crippen molar-refractivity contribution in [1.29, 1.82) is 0 Å². The second-order valence-corrected chi connectivity index (χ2v) is 18.8. The Balaban J connectivity index is 2.35. The van der Waals surface area contributed by atoms with E-state index in [0.29, 0.717) is 6.42 Å². The number of carbonyl (C=O) groups is 1. The van der Waals surface area contributed by atoms with Crippen molar-refractivity contribution in [2.24, 2.45) is 0 Å². The van der Waals surface area contributed by atoms with Crippen molar-refractivity contribution in [2.45, 2.75) is 269 Å². The van der Waals surface area contributed by atoms with E-state index >= 15 is 0 Å². The number of rotatable bonds is 43. The molecular formula is C49H93NO11S. The molecule has 1 rings (SSSR count). The van der Waals surface area contributed by atoms with Gasteiger partial charge in [0.1, 0.15) is 24.4 Å². The van der Waals surface area contributed by atoms with Gasteiger partial charge in [0.05, 0.1) is 25.4 Å². The number of nitrogens with one attached hydrogen (secondary N) is 1. The van der Waals surface area contributed by atoms with Gasteiger partial charge < -0.3 is 35.2 Å². The highest BCUT2D eigenvalue weighted by molar-refractivity contribution is 7.80. The fourth-order valence-electron chi connectivity index (χ4n) is 8.04. The van der Waals surface area contributed by atoms with E-state index in [1.54, 1.807) is 6.08 Å². The number of unbranched alkanes of at least 4 members (excludes halogenated alkanes) is 29. The van der Waals surface area contributed by atoms with Crippen LogP contribution in [0.3, 0.4) is 0 Å². The summed E-state index contributed by atoms with van der Waals surface area (Å²) in [5.74, 6) is -0.265. The molecule has 1 aliphatic heterocycles. The molecule has 0 aliphatic carbocycles. The molecule has 6 N–H and O–H groups in total. The van der Waals surface area contributed by atoms with E-state index in [-0.39, 0.29) is 18.9 Å². The minimum absolute atomic E-state index is 0.265. The maximum absolute atomic E-state index is 13.0. The second-order valence-electron chi connectivity index (χ2n) is 17.8. The molecule has 1 amide bonds. The standard InChI is InChI=1S/C49H93NO11S/c1-3-5-7-9-11-13-15-16-17-18-19-20-21-22-23-24-25-26-27-28-29-31-33-35-37-39-45(53)50-42(43(52)38-36-34-32-30-14-12-10-8-6-4-2)41-59-49-47(55)48(61-62(56,57)58)46(54)44(40-51)60-49/h22-23,36,38,42-44,46-49,51-52,54-55H,3-21,24-35,37,39-41H2,1-2H3,(H,50,53)(H,56,57,58)/b23-22-,38-36+. The highest BCUT2D eigenvalue weighted by atomic mass is 32.3. The molecule has 0 aromatic carbocycles. The summed E-state index contributed by atoms with van der Waals surface area (Å²) in [5, 5.41) is 44.6. The first-order valence-corrected chi connectivity index (χ1v) is 26.6. The first kappa shape index (κ1) is 58.6. The summed E-state index contributed by atoms with van der Waals surface area (Å²) in [6.45, 7) is 3.37. The molecule has 1 heterocycles. The van der Waals surface area contributed by atoms with Crippen molar-refractivity contribution in [3.05, 3.63) is 24.3 Å². The van der Waals surface area contributed by atoms with E-state index in [4.69, 9.17) is 9.47 Å². The largest absolute Gasteiger partial charge is 0.397 e. The molecule has 0 radical (unpaired) electrons. The summed E-state index contributed by atoms with van der Waals surface area (Å²) < 4.78 is 47.6. The number of aliphatic hydroxyl groups is 4. The molecule has 0 aromatic rings. The van der Waals surface area contributed by atoms with Crippen molar-refractivity contribution in [3.8, 4) is 0 Å². The van der Waals surface area contributed by atoms with Gasteiger partial charge in [-0.1, -0.05) is 199 Å². The molecule has 0 aromatic heterocycles. The Bertz CT molecular complexity index is 1200. The van der Waals surface area contributed by atoms with Crippen LogP contribution in [0.1, 0.15) is 226 Å². The van der Waals surface area contributed by atoms with Crippen LogP contribution >= 0.6 is 0 Å². The van der Waals surface area contributed by atoms with E-state index < -0.39 is 59.9 Å². The number of ether oxygens (including phenoxy) is 2. The van der Waals surface area contributed by atoms with Gasteiger partial charge >= 0.3 is 10.4 Å². The van der Waals surface area contributed by atoms with Gasteiger partial charge in [0.15, 0.2) is 6.29 Å². The lowest BCUT2D eigenvalue weighted by Crippen LogP contribution is -2.61. The third kappa shape index (κ3) is 32.3. The van der Waals surface area contributed by atoms with Crippen LogP contribution in [0.4, 0.5) is 0 Å². The van der Waals surface area contributed by atoms with Crippen LogP contribution < -0.4 is 5.32 Å². The zero-order chi connectivity index (χ0) is 45.5. The first-order valence-electron chi connectivity index (χ1n) is 25.2. The number of amides is 1. The third-order valence-corrected chi connectivity index (χ3v) is 12.4. The maximum Gasteiger partial charge on any atom is 0.397 e. The van der Waals surface area contributed by atoms with Crippen LogP contribution in [0.25, 0.3) is 0 Å². The molecule has 1 saturated heterocycles. The number of carbonyl (C=O) groups excluding carboxylic acids is 1. The van der Waals surface area contributed by atoms with Crippen LogP contribution in [0.15, 0.2) is 24.3 Å². The minimum Gasteiger partial charge on any atom is -0.394 e. The Hall–Kier alpha value is -1.42. The van der Waals surface area contributed by atoms with E-state index in [2.05, 4.69) is 35.5 Å². The lowest BCUT2D eigenvalue weighted by molar-refractivity contribution is -0.298. The van der Waals surface area contributed by atoms with Crippen LogP contribution in [-0.2, 0) is 28.9 Å². The second kappa shape index (κ2) is 39.9. The Morgan fingerprint density at radius 3 is 1.45 bits per heavy atom. The lowest BCUT2D eigenvalue weighted by Gasteiger charge is -2.41. The average molecular weight is 904 g/mol. The Morgan fingerprint density at radius 1 is 0.629 bits per heavy atom. The zero-order valence-electron chi connectivity index (χ0n) is 39.2. The lowest BCUT2D eigenvalue weighted by atomic mass is 9.99. The molecule has 0 bridgehead atoms. The SMILES string of the molecule is CCCCCCCCCC/C=C/C(O)C(COC1OC(CO)C(O)C(OS(=O)(=O)O)C1O)NC(=O)CCCCCCCCCCC/C=C\CCCCCCCCCCCCCC. The highest BCUT2D eigenvalue weighted by Gasteiger charge is 2.48. The van der Waals surface area contributed by atoms with Gasteiger partial charge in [0.2, 0.25) is 5.91 Å². The molecule has 1 aliphatic rings. The van der Waals surface area contributed by atoms with Crippen LogP contribution in [0, 0.1) is 0 Å². The summed E-state index contributed by atoms with van der Waals surface area (Å²) in [6.07, 6.45) is 38.1. The number of hydrogen-bond acceptors (Lipinski definition) is 10. The third-order valence-electron chi connectivity index (χ3n) is 12.0. The molecule has 1 fully saturated rings. The Labute approximate surface area is 378 Å². The van der Waals surface area contributed by atoms with Gasteiger partial charge in [-0.15, -0.1) is 0 Å². The molecule has 62 heavy (non-hydrogen) atoms. The summed E-state index contributed by atoms with van der Waals surface area (Å²) in [5.41, 5.74) is 0. The van der Waals surface area contributed by atoms with Gasteiger partial charge in [-0.3, -0.25) is 9.35 Å². The molecule has 7 atom stereocenters. The summed E-state index contributed by atoms with van der Waals surface area (Å²) in [4.78, 5) is 13.0. The molecule has 0 saturated carbocycles. The van der Waals surface area contributed by atoms with Gasteiger partial charge in [-0.05, 0) is 44.9 Å². The van der Waals surface area contributed by atoms with Gasteiger partial charge in [0, 0.05) is 6.42 Å². The molecule has 7 unspecified atom stereocenters. The van der Waals surface area contributed by atoms with Crippen molar-refractivity contribution in [2.75, 3.05) is 13.2 Å². The topological polar surface area (TPSA) is 192 Å². The van der Waals surface area contributed by atoms with Crippen LogP contribution in [0.5, 0.6) is 0 Å². The predicted molar refractivity (Wildman–Crippen MR) is 250 cm³/mol. The minimum atomic E-state index is -5.08. The quantitative estimate of drug-likeness (QED) is 0.0194. The van der Waals surface area contributed by atoms with Crippen LogP contribution in [-0.4, -0.2) is 95.4 Å². The smallest absolute Gasteiger partial charge is 0.394 e. The first-order chi connectivity index (χ1) is 30.0. The van der Waals surface area contributed by atoms with E-state index in [1.165, 1.54) is 161 Å². The molecule has 13 heteroatoms. The summed E-state index contributed by atoms with van der Waals surface area (Å²) >= 11 is 0. The molecular weight excluding hydrogens is 811 g/mol. The summed E-state index contributed by atoms with van der Waals surface area (Å²) in [7, 11) is -5.08. The van der Waals surface area contributed by atoms with Crippen LogP contribution in [0.2, 0.25) is 0 Å². The van der Waals surface area contributed by atoms with E-state index in [1.807, 2.05) is 6.08 Å². The van der Waals surface area contributed by atoms with Crippen molar-refractivity contribution < 1.29 is 51.8 Å². The Morgan fingerprint density at radius 2 is 1.03 bits per heavy atom. The molecule has 12 nitrogen and oxygen atoms in total. The van der Waals surface area contributed by atoms with Crippen molar-refractivity contribution >= 4 is 16.3 Å². The normalized spacial score (nSPS) is 20.7.